The fraction of sp³-hybridized carbons (Fsp3) is 0.462. The average Bonchev–Trinajstić information content (AvgIpc) is 2.37. The number of hydrogen-bond donors (Lipinski definition) is 2. The lowest BCUT2D eigenvalue weighted by Crippen LogP contribution is -2.27. The molecule has 100 valence electrons. The number of benzene rings is 1. The van der Waals surface area contributed by atoms with Crippen LogP contribution in [0.5, 0.6) is 0 Å². The van der Waals surface area contributed by atoms with Crippen LogP contribution in [0.3, 0.4) is 0 Å². The molecule has 1 aromatic carbocycles. The Morgan fingerprint density at radius 3 is 2.78 bits per heavy atom. The van der Waals surface area contributed by atoms with Crippen LogP contribution in [-0.4, -0.2) is 24.6 Å². The first-order valence-corrected chi connectivity index (χ1v) is 6.77. The van der Waals surface area contributed by atoms with Crippen LogP contribution in [-0.2, 0) is 0 Å². The largest absolute Gasteiger partial charge is 0.409 e. The SMILES string of the molecule is CCC(C)CN(C)c1ccc(Br)cc1/C(N)=N/O. The third-order valence-corrected chi connectivity index (χ3v) is 3.53. The van der Waals surface area contributed by atoms with Crippen LogP contribution in [0, 0.1) is 5.92 Å². The Kier molecular flexibility index (Phi) is 5.47. The molecule has 0 bridgehead atoms. The van der Waals surface area contributed by atoms with Crippen molar-refractivity contribution in [3.8, 4) is 0 Å². The van der Waals surface area contributed by atoms with Gasteiger partial charge in [0.25, 0.3) is 0 Å². The number of oxime groups is 1. The van der Waals surface area contributed by atoms with E-state index in [0.717, 1.165) is 28.7 Å². The number of rotatable bonds is 5. The van der Waals surface area contributed by atoms with Gasteiger partial charge in [-0.3, -0.25) is 0 Å². The normalized spacial score (nSPS) is 13.4. The second-order valence-corrected chi connectivity index (χ2v) is 5.46. The maximum absolute atomic E-state index is 8.84. The van der Waals surface area contributed by atoms with Gasteiger partial charge in [0.15, 0.2) is 5.84 Å². The van der Waals surface area contributed by atoms with E-state index < -0.39 is 0 Å². The maximum Gasteiger partial charge on any atom is 0.172 e. The summed E-state index contributed by atoms with van der Waals surface area (Å²) in [5, 5.41) is 11.9. The van der Waals surface area contributed by atoms with Gasteiger partial charge in [0, 0.05) is 29.3 Å². The Morgan fingerprint density at radius 1 is 1.56 bits per heavy atom. The van der Waals surface area contributed by atoms with Gasteiger partial charge in [-0.15, -0.1) is 0 Å². The third-order valence-electron chi connectivity index (χ3n) is 3.04. The monoisotopic (exact) mass is 313 g/mol. The smallest absolute Gasteiger partial charge is 0.172 e. The summed E-state index contributed by atoms with van der Waals surface area (Å²) in [5.41, 5.74) is 7.42. The molecule has 1 atom stereocenters. The van der Waals surface area contributed by atoms with Gasteiger partial charge in [-0.25, -0.2) is 0 Å². The van der Waals surface area contributed by atoms with Gasteiger partial charge in [-0.2, -0.15) is 0 Å². The highest BCUT2D eigenvalue weighted by atomic mass is 79.9. The lowest BCUT2D eigenvalue weighted by Gasteiger charge is -2.25. The highest BCUT2D eigenvalue weighted by Crippen LogP contribution is 2.24. The molecule has 0 saturated carbocycles. The molecule has 0 heterocycles. The van der Waals surface area contributed by atoms with E-state index in [4.69, 9.17) is 10.9 Å². The molecule has 0 aromatic heterocycles. The first-order chi connectivity index (χ1) is 8.49. The van der Waals surface area contributed by atoms with E-state index in [1.165, 1.54) is 0 Å². The molecule has 1 rings (SSSR count). The molecule has 0 spiro atoms. The van der Waals surface area contributed by atoms with Crippen molar-refractivity contribution in [2.75, 3.05) is 18.5 Å². The Bertz CT molecular complexity index is 434. The number of hydrogen-bond acceptors (Lipinski definition) is 3. The molecule has 0 fully saturated rings. The molecule has 0 aliphatic heterocycles. The topological polar surface area (TPSA) is 61.8 Å². The number of nitrogens with zero attached hydrogens (tertiary/aromatic N) is 2. The van der Waals surface area contributed by atoms with Crippen molar-refractivity contribution in [3.63, 3.8) is 0 Å². The molecular formula is C13H20BrN3O. The fourth-order valence-corrected chi connectivity index (χ4v) is 2.16. The predicted molar refractivity (Wildman–Crippen MR) is 79.4 cm³/mol. The number of halogens is 1. The van der Waals surface area contributed by atoms with Crippen molar-refractivity contribution in [3.05, 3.63) is 28.2 Å². The fourth-order valence-electron chi connectivity index (χ4n) is 1.80. The minimum atomic E-state index is 0.127. The van der Waals surface area contributed by atoms with Crippen LogP contribution in [0.4, 0.5) is 5.69 Å². The van der Waals surface area contributed by atoms with E-state index in [0.29, 0.717) is 5.92 Å². The van der Waals surface area contributed by atoms with Crippen LogP contribution < -0.4 is 10.6 Å². The molecule has 1 unspecified atom stereocenters. The first kappa shape index (κ1) is 14.8. The highest BCUT2D eigenvalue weighted by Gasteiger charge is 2.13. The Hall–Kier alpha value is -1.23. The molecular weight excluding hydrogens is 294 g/mol. The van der Waals surface area contributed by atoms with Gasteiger partial charge in [-0.05, 0) is 24.1 Å². The molecule has 1 aromatic rings. The van der Waals surface area contributed by atoms with Crippen molar-refractivity contribution in [2.45, 2.75) is 20.3 Å². The van der Waals surface area contributed by atoms with Crippen molar-refractivity contribution in [2.24, 2.45) is 16.8 Å². The number of nitrogens with two attached hydrogens (primary N) is 1. The van der Waals surface area contributed by atoms with E-state index in [1.54, 1.807) is 0 Å². The number of amidine groups is 1. The lowest BCUT2D eigenvalue weighted by atomic mass is 10.1. The summed E-state index contributed by atoms with van der Waals surface area (Å²) in [7, 11) is 2.02. The minimum Gasteiger partial charge on any atom is -0.409 e. The number of anilines is 1. The van der Waals surface area contributed by atoms with Crippen LogP contribution in [0.1, 0.15) is 25.8 Å². The van der Waals surface area contributed by atoms with Gasteiger partial charge < -0.3 is 15.8 Å². The minimum absolute atomic E-state index is 0.127. The summed E-state index contributed by atoms with van der Waals surface area (Å²) in [4.78, 5) is 2.13. The van der Waals surface area contributed by atoms with E-state index >= 15 is 0 Å². The molecule has 3 N–H and O–H groups in total. The van der Waals surface area contributed by atoms with E-state index in [2.05, 4.69) is 39.8 Å². The van der Waals surface area contributed by atoms with E-state index in [1.807, 2.05) is 25.2 Å². The zero-order chi connectivity index (χ0) is 13.7. The van der Waals surface area contributed by atoms with Crippen LogP contribution >= 0.6 is 15.9 Å². The van der Waals surface area contributed by atoms with Crippen LogP contribution in [0.2, 0.25) is 0 Å². The maximum atomic E-state index is 8.84. The zero-order valence-electron chi connectivity index (χ0n) is 11.0. The predicted octanol–water partition coefficient (Wildman–Crippen LogP) is 3.03. The van der Waals surface area contributed by atoms with Crippen molar-refractivity contribution < 1.29 is 5.21 Å². The Labute approximate surface area is 117 Å². The second-order valence-electron chi connectivity index (χ2n) is 4.54. The summed E-state index contributed by atoms with van der Waals surface area (Å²) in [6.07, 6.45) is 1.12. The van der Waals surface area contributed by atoms with Crippen molar-refractivity contribution >= 4 is 27.5 Å². The zero-order valence-corrected chi connectivity index (χ0v) is 12.6. The van der Waals surface area contributed by atoms with Gasteiger partial charge in [0.1, 0.15) is 0 Å². The quantitative estimate of drug-likeness (QED) is 0.380. The molecule has 4 nitrogen and oxygen atoms in total. The summed E-state index contributed by atoms with van der Waals surface area (Å²) in [6.45, 7) is 5.31. The molecule has 0 saturated heterocycles. The summed E-state index contributed by atoms with van der Waals surface area (Å²) in [6, 6.07) is 5.79. The van der Waals surface area contributed by atoms with Gasteiger partial charge in [0.05, 0.1) is 0 Å². The highest BCUT2D eigenvalue weighted by molar-refractivity contribution is 9.10. The van der Waals surface area contributed by atoms with Crippen molar-refractivity contribution in [1.82, 2.24) is 0 Å². The van der Waals surface area contributed by atoms with E-state index in [9.17, 15) is 0 Å². The molecule has 18 heavy (non-hydrogen) atoms. The molecule has 0 aliphatic rings. The van der Waals surface area contributed by atoms with Crippen molar-refractivity contribution in [1.29, 1.82) is 0 Å². The lowest BCUT2D eigenvalue weighted by molar-refractivity contribution is 0.318. The molecule has 0 amide bonds. The summed E-state index contributed by atoms with van der Waals surface area (Å²) in [5.74, 6) is 0.723. The Morgan fingerprint density at radius 2 is 2.22 bits per heavy atom. The molecule has 5 heteroatoms. The second kappa shape index (κ2) is 6.64. The molecule has 0 aliphatic carbocycles. The standard InChI is InChI=1S/C13H20BrN3O/c1-4-9(2)8-17(3)12-6-5-10(14)7-11(12)13(15)16-18/h5-7,9,18H,4,8H2,1-3H3,(H2,15,16). The van der Waals surface area contributed by atoms with Crippen LogP contribution in [0.25, 0.3) is 0 Å². The van der Waals surface area contributed by atoms with Crippen LogP contribution in [0.15, 0.2) is 27.8 Å². The van der Waals surface area contributed by atoms with E-state index in [-0.39, 0.29) is 5.84 Å². The third kappa shape index (κ3) is 3.63. The van der Waals surface area contributed by atoms with Gasteiger partial charge in [0.2, 0.25) is 0 Å². The van der Waals surface area contributed by atoms with Gasteiger partial charge in [-0.1, -0.05) is 41.4 Å². The summed E-state index contributed by atoms with van der Waals surface area (Å²) < 4.78 is 0.907. The Balaban J connectivity index is 3.07. The average molecular weight is 314 g/mol. The first-order valence-electron chi connectivity index (χ1n) is 5.98. The molecule has 0 radical (unpaired) electrons. The summed E-state index contributed by atoms with van der Waals surface area (Å²) >= 11 is 3.40. The van der Waals surface area contributed by atoms with Gasteiger partial charge >= 0.3 is 0 Å².